The maximum atomic E-state index is 12.8. The van der Waals surface area contributed by atoms with Gasteiger partial charge in [0.25, 0.3) is 0 Å². The molecule has 32 heavy (non-hydrogen) atoms. The smallest absolute Gasteiger partial charge is 0.346 e. The summed E-state index contributed by atoms with van der Waals surface area (Å²) >= 11 is 0. The van der Waals surface area contributed by atoms with Crippen molar-refractivity contribution < 1.29 is 9.63 Å². The molecule has 2 heterocycles. The van der Waals surface area contributed by atoms with E-state index >= 15 is 0 Å². The zero-order valence-corrected chi connectivity index (χ0v) is 17.5. The Morgan fingerprint density at radius 2 is 1.75 bits per heavy atom. The molecule has 1 aromatic heterocycles. The van der Waals surface area contributed by atoms with Crippen molar-refractivity contribution in [1.29, 1.82) is 0 Å². The minimum absolute atomic E-state index is 0.100. The molecule has 1 saturated carbocycles. The summed E-state index contributed by atoms with van der Waals surface area (Å²) in [5, 5.41) is 7.59. The quantitative estimate of drug-likeness (QED) is 0.607. The van der Waals surface area contributed by atoms with E-state index in [0.29, 0.717) is 24.3 Å². The third-order valence-corrected chi connectivity index (χ3v) is 5.32. The number of benzene rings is 2. The Kier molecular flexibility index (Phi) is 5.69. The molecule has 1 saturated heterocycles. The van der Waals surface area contributed by atoms with E-state index in [0.717, 1.165) is 23.1 Å². The van der Waals surface area contributed by atoms with Gasteiger partial charge in [-0.15, -0.1) is 0 Å². The van der Waals surface area contributed by atoms with Gasteiger partial charge in [-0.1, -0.05) is 48.2 Å². The molecule has 2 fully saturated rings. The second-order valence-corrected chi connectivity index (χ2v) is 7.85. The number of hydroxylamine groups is 2. The number of amides is 2. The zero-order valence-electron chi connectivity index (χ0n) is 17.5. The first-order valence-electron chi connectivity index (χ1n) is 10.7. The lowest BCUT2D eigenvalue weighted by molar-refractivity contribution is -0.0829. The van der Waals surface area contributed by atoms with Gasteiger partial charge in [0.2, 0.25) is 5.95 Å². The third kappa shape index (κ3) is 4.88. The predicted octanol–water partition coefficient (Wildman–Crippen LogP) is 4.36. The van der Waals surface area contributed by atoms with Crippen molar-refractivity contribution in [2.45, 2.75) is 31.3 Å². The SMILES string of the molecule is O=C(Nc1cccc(C#Cc2cnc(NC3CC3)nc2)c1)N1OCC[C@H]1c1ccccc1. The van der Waals surface area contributed by atoms with Gasteiger partial charge >= 0.3 is 6.03 Å². The van der Waals surface area contributed by atoms with Crippen LogP contribution in [0.2, 0.25) is 0 Å². The molecule has 7 heteroatoms. The Balaban J connectivity index is 1.24. The first-order chi connectivity index (χ1) is 15.7. The lowest BCUT2D eigenvalue weighted by Crippen LogP contribution is -2.33. The highest BCUT2D eigenvalue weighted by molar-refractivity contribution is 5.89. The molecular formula is C25H23N5O2. The molecule has 0 unspecified atom stereocenters. The minimum atomic E-state index is -0.298. The van der Waals surface area contributed by atoms with Crippen LogP contribution in [-0.4, -0.2) is 33.7 Å². The lowest BCUT2D eigenvalue weighted by atomic mass is 10.1. The van der Waals surface area contributed by atoms with Crippen LogP contribution in [0.3, 0.4) is 0 Å². The van der Waals surface area contributed by atoms with Gasteiger partial charge in [0, 0.05) is 36.1 Å². The van der Waals surface area contributed by atoms with E-state index in [1.165, 1.54) is 17.9 Å². The van der Waals surface area contributed by atoms with Crippen molar-refractivity contribution in [3.8, 4) is 11.8 Å². The molecule has 2 N–H and O–H groups in total. The van der Waals surface area contributed by atoms with E-state index in [4.69, 9.17) is 4.84 Å². The van der Waals surface area contributed by atoms with Crippen LogP contribution in [0.15, 0.2) is 67.0 Å². The summed E-state index contributed by atoms with van der Waals surface area (Å²) in [6, 6.07) is 17.4. The van der Waals surface area contributed by atoms with Crippen LogP contribution in [0.5, 0.6) is 0 Å². The standard InChI is InChI=1S/C25H23N5O2/c31-25(30-23(13-14-32-30)20-6-2-1-3-7-20)29-22-8-4-5-18(15-22)9-10-19-16-26-24(27-17-19)28-21-11-12-21/h1-8,15-17,21,23H,11-14H2,(H,29,31)(H,26,27,28)/t23-/m0/s1. The van der Waals surface area contributed by atoms with Crippen LogP contribution in [0.1, 0.15) is 42.0 Å². The van der Waals surface area contributed by atoms with Crippen molar-refractivity contribution in [3.63, 3.8) is 0 Å². The maximum Gasteiger partial charge on any atom is 0.346 e. The van der Waals surface area contributed by atoms with E-state index < -0.39 is 0 Å². The molecular weight excluding hydrogens is 402 g/mol. The Morgan fingerprint density at radius 3 is 2.53 bits per heavy atom. The number of nitrogens with one attached hydrogen (secondary N) is 2. The van der Waals surface area contributed by atoms with Crippen LogP contribution in [0.25, 0.3) is 0 Å². The molecule has 3 aromatic rings. The fourth-order valence-electron chi connectivity index (χ4n) is 3.52. The van der Waals surface area contributed by atoms with E-state index in [1.807, 2.05) is 54.6 Å². The number of nitrogens with zero attached hydrogens (tertiary/aromatic N) is 3. The van der Waals surface area contributed by atoms with E-state index in [-0.39, 0.29) is 12.1 Å². The molecule has 1 aliphatic heterocycles. The van der Waals surface area contributed by atoms with Crippen LogP contribution >= 0.6 is 0 Å². The molecule has 0 spiro atoms. The fraction of sp³-hybridized carbons (Fsp3) is 0.240. The number of carbonyl (C=O) groups is 1. The monoisotopic (exact) mass is 425 g/mol. The molecule has 1 atom stereocenters. The number of hydrogen-bond acceptors (Lipinski definition) is 5. The topological polar surface area (TPSA) is 79.4 Å². The van der Waals surface area contributed by atoms with Gasteiger partial charge in [-0.3, -0.25) is 4.84 Å². The molecule has 2 aromatic carbocycles. The average molecular weight is 425 g/mol. The normalized spacial score (nSPS) is 17.4. The van der Waals surface area contributed by atoms with Gasteiger partial charge in [0.1, 0.15) is 0 Å². The van der Waals surface area contributed by atoms with Gasteiger partial charge < -0.3 is 10.6 Å². The van der Waals surface area contributed by atoms with Crippen LogP contribution in [0.4, 0.5) is 16.4 Å². The van der Waals surface area contributed by atoms with Gasteiger partial charge in [-0.05, 0) is 36.6 Å². The van der Waals surface area contributed by atoms with Gasteiger partial charge in [0.05, 0.1) is 18.2 Å². The Morgan fingerprint density at radius 1 is 0.969 bits per heavy atom. The van der Waals surface area contributed by atoms with Crippen molar-refractivity contribution in [3.05, 3.63) is 83.7 Å². The van der Waals surface area contributed by atoms with Gasteiger partial charge in [-0.25, -0.2) is 14.8 Å². The molecule has 7 nitrogen and oxygen atoms in total. The largest absolute Gasteiger partial charge is 0.351 e. The molecule has 1 aliphatic carbocycles. The first kappa shape index (κ1) is 20.0. The van der Waals surface area contributed by atoms with Gasteiger partial charge in [0.15, 0.2) is 0 Å². The Bertz CT molecular complexity index is 1150. The highest BCUT2D eigenvalue weighted by Crippen LogP contribution is 2.30. The number of aromatic nitrogens is 2. The van der Waals surface area contributed by atoms with Crippen molar-refractivity contribution in [1.82, 2.24) is 15.0 Å². The number of anilines is 2. The molecule has 2 aliphatic rings. The second-order valence-electron chi connectivity index (χ2n) is 7.85. The summed E-state index contributed by atoms with van der Waals surface area (Å²) in [5.41, 5.74) is 3.23. The fourth-order valence-corrected chi connectivity index (χ4v) is 3.52. The summed E-state index contributed by atoms with van der Waals surface area (Å²) < 4.78 is 0. The second kappa shape index (κ2) is 9.08. The molecule has 160 valence electrons. The Hall–Kier alpha value is -3.89. The van der Waals surface area contributed by atoms with Gasteiger partial charge in [-0.2, -0.15) is 5.06 Å². The maximum absolute atomic E-state index is 12.8. The van der Waals surface area contributed by atoms with Crippen molar-refractivity contribution >= 4 is 17.7 Å². The summed E-state index contributed by atoms with van der Waals surface area (Å²) in [6.45, 7) is 0.509. The Labute approximate surface area is 186 Å². The lowest BCUT2D eigenvalue weighted by Gasteiger charge is -2.23. The molecule has 0 bridgehead atoms. The number of urea groups is 1. The van der Waals surface area contributed by atoms with Crippen LogP contribution in [0, 0.1) is 11.8 Å². The van der Waals surface area contributed by atoms with Crippen LogP contribution < -0.4 is 10.6 Å². The number of rotatable bonds is 4. The van der Waals surface area contributed by atoms with E-state index in [9.17, 15) is 4.79 Å². The summed E-state index contributed by atoms with van der Waals surface area (Å²) in [5.74, 6) is 6.82. The minimum Gasteiger partial charge on any atom is -0.351 e. The van der Waals surface area contributed by atoms with E-state index in [1.54, 1.807) is 12.4 Å². The number of carbonyl (C=O) groups excluding carboxylic acids is 1. The first-order valence-corrected chi connectivity index (χ1v) is 10.7. The number of hydrogen-bond donors (Lipinski definition) is 2. The summed E-state index contributed by atoms with van der Waals surface area (Å²) in [7, 11) is 0. The summed E-state index contributed by atoms with van der Waals surface area (Å²) in [6.07, 6.45) is 6.54. The summed E-state index contributed by atoms with van der Waals surface area (Å²) in [4.78, 5) is 27.0. The van der Waals surface area contributed by atoms with Crippen molar-refractivity contribution in [2.24, 2.45) is 0 Å². The highest BCUT2D eigenvalue weighted by atomic mass is 16.7. The van der Waals surface area contributed by atoms with Crippen LogP contribution in [-0.2, 0) is 4.84 Å². The molecule has 2 amide bonds. The van der Waals surface area contributed by atoms with E-state index in [2.05, 4.69) is 32.4 Å². The molecule has 5 rings (SSSR count). The predicted molar refractivity (Wildman–Crippen MR) is 122 cm³/mol. The molecule has 0 radical (unpaired) electrons. The van der Waals surface area contributed by atoms with Crippen molar-refractivity contribution in [2.75, 3.05) is 17.2 Å². The zero-order chi connectivity index (χ0) is 21.8. The highest BCUT2D eigenvalue weighted by Gasteiger charge is 2.31. The third-order valence-electron chi connectivity index (χ3n) is 5.32. The average Bonchev–Trinajstić information content (AvgIpc) is 3.50.